The number of carbonyl (C=O) groups is 1. The molecule has 1 aliphatic heterocycles. The maximum atomic E-state index is 10.8. The van der Waals surface area contributed by atoms with Crippen LogP contribution in [0.15, 0.2) is 54.6 Å². The molecule has 1 heterocycles. The van der Waals surface area contributed by atoms with Crippen LogP contribution in [0.5, 0.6) is 0 Å². The zero-order chi connectivity index (χ0) is 14.5. The van der Waals surface area contributed by atoms with Gasteiger partial charge >= 0.3 is 6.16 Å². The van der Waals surface area contributed by atoms with Crippen molar-refractivity contribution in [2.45, 2.75) is 12.8 Å². The predicted octanol–water partition coefficient (Wildman–Crippen LogP) is 4.07. The molecule has 0 aliphatic carbocycles. The smallest absolute Gasteiger partial charge is 0.434 e. The minimum Gasteiger partial charge on any atom is -0.434 e. The monoisotopic (exact) mass is 282 g/mol. The zero-order valence-corrected chi connectivity index (χ0v) is 11.8. The van der Waals surface area contributed by atoms with Crippen LogP contribution in [-0.4, -0.2) is 19.4 Å². The third-order valence-corrected chi connectivity index (χ3v) is 3.78. The molecule has 0 atom stereocenters. The van der Waals surface area contributed by atoms with E-state index in [-0.39, 0.29) is 0 Å². The lowest BCUT2D eigenvalue weighted by molar-refractivity contribution is -0.0138. The predicted molar refractivity (Wildman–Crippen MR) is 81.0 cm³/mol. The van der Waals surface area contributed by atoms with E-state index in [2.05, 4.69) is 36.4 Å². The molecule has 108 valence electrons. The van der Waals surface area contributed by atoms with Crippen LogP contribution in [0.1, 0.15) is 12.0 Å². The zero-order valence-electron chi connectivity index (χ0n) is 11.8. The highest BCUT2D eigenvalue weighted by Crippen LogP contribution is 2.21. The van der Waals surface area contributed by atoms with Gasteiger partial charge in [-0.25, -0.2) is 4.79 Å². The molecule has 2 aromatic rings. The normalized spacial score (nSPS) is 15.3. The molecular weight excluding hydrogens is 264 g/mol. The number of hydrogen-bond acceptors (Lipinski definition) is 3. The van der Waals surface area contributed by atoms with Gasteiger partial charge in [0.2, 0.25) is 0 Å². The number of carbonyl (C=O) groups excluding carboxylic acids is 1. The summed E-state index contributed by atoms with van der Waals surface area (Å²) in [5, 5.41) is 0. The van der Waals surface area contributed by atoms with Gasteiger partial charge in [-0.3, -0.25) is 0 Å². The summed E-state index contributed by atoms with van der Waals surface area (Å²) in [6, 6.07) is 19.0. The largest absolute Gasteiger partial charge is 0.508 e. The van der Waals surface area contributed by atoms with Crippen molar-refractivity contribution >= 4 is 6.16 Å². The summed E-state index contributed by atoms with van der Waals surface area (Å²) in [7, 11) is 0. The van der Waals surface area contributed by atoms with Crippen molar-refractivity contribution in [2.75, 3.05) is 13.2 Å². The van der Waals surface area contributed by atoms with Crippen molar-refractivity contribution in [3.8, 4) is 11.1 Å². The first-order valence-corrected chi connectivity index (χ1v) is 7.25. The molecule has 0 spiro atoms. The van der Waals surface area contributed by atoms with Crippen LogP contribution < -0.4 is 0 Å². The molecule has 3 rings (SSSR count). The Morgan fingerprint density at radius 1 is 0.857 bits per heavy atom. The van der Waals surface area contributed by atoms with Crippen molar-refractivity contribution in [3.05, 3.63) is 60.2 Å². The average Bonchev–Trinajstić information content (AvgIpc) is 2.56. The van der Waals surface area contributed by atoms with Gasteiger partial charge in [-0.15, -0.1) is 0 Å². The first kappa shape index (κ1) is 13.7. The topological polar surface area (TPSA) is 35.5 Å². The van der Waals surface area contributed by atoms with Crippen molar-refractivity contribution in [1.29, 1.82) is 0 Å². The maximum Gasteiger partial charge on any atom is 0.508 e. The third-order valence-electron chi connectivity index (χ3n) is 3.78. The van der Waals surface area contributed by atoms with Crippen LogP contribution in [-0.2, 0) is 15.9 Å². The summed E-state index contributed by atoms with van der Waals surface area (Å²) in [5.41, 5.74) is 3.76. The summed E-state index contributed by atoms with van der Waals surface area (Å²) in [5.74, 6) is 0.302. The fourth-order valence-electron chi connectivity index (χ4n) is 2.49. The fourth-order valence-corrected chi connectivity index (χ4v) is 2.49. The Labute approximate surface area is 124 Å². The van der Waals surface area contributed by atoms with Crippen molar-refractivity contribution in [3.63, 3.8) is 0 Å². The SMILES string of the molecule is O=C1OCC(CCc2ccc(-c3ccccc3)cc2)CO1. The number of aryl methyl sites for hydroxylation is 1. The Morgan fingerprint density at radius 3 is 2.14 bits per heavy atom. The lowest BCUT2D eigenvalue weighted by atomic mass is 9.98. The first-order valence-electron chi connectivity index (χ1n) is 7.25. The first-order chi connectivity index (χ1) is 10.3. The Bertz CT molecular complexity index is 580. The fraction of sp³-hybridized carbons (Fsp3) is 0.278. The molecule has 1 saturated heterocycles. The summed E-state index contributed by atoms with van der Waals surface area (Å²) >= 11 is 0. The van der Waals surface area contributed by atoms with Gasteiger partial charge in [0, 0.05) is 5.92 Å². The van der Waals surface area contributed by atoms with E-state index in [4.69, 9.17) is 9.47 Å². The van der Waals surface area contributed by atoms with Crippen LogP contribution in [0, 0.1) is 5.92 Å². The second kappa shape index (κ2) is 6.44. The highest BCUT2D eigenvalue weighted by molar-refractivity contribution is 5.63. The molecule has 0 radical (unpaired) electrons. The molecule has 0 aromatic heterocycles. The van der Waals surface area contributed by atoms with Crippen LogP contribution in [0.3, 0.4) is 0 Å². The lowest BCUT2D eigenvalue weighted by Crippen LogP contribution is -2.27. The number of rotatable bonds is 4. The molecule has 0 bridgehead atoms. The number of cyclic esters (lactones) is 2. The standard InChI is InChI=1S/C18H18O3/c19-18-20-12-15(13-21-18)7-6-14-8-10-17(11-9-14)16-4-2-1-3-5-16/h1-5,8-11,15H,6-7,12-13H2. The molecule has 0 N–H and O–H groups in total. The van der Waals surface area contributed by atoms with Crippen LogP contribution in [0.4, 0.5) is 4.79 Å². The quantitative estimate of drug-likeness (QED) is 0.793. The minimum atomic E-state index is -0.543. The van der Waals surface area contributed by atoms with E-state index in [9.17, 15) is 4.79 Å². The molecule has 2 aromatic carbocycles. The molecule has 3 nitrogen and oxygen atoms in total. The van der Waals surface area contributed by atoms with E-state index in [1.54, 1.807) is 0 Å². The van der Waals surface area contributed by atoms with E-state index in [1.165, 1.54) is 16.7 Å². The van der Waals surface area contributed by atoms with Gasteiger partial charge < -0.3 is 9.47 Å². The summed E-state index contributed by atoms with van der Waals surface area (Å²) in [4.78, 5) is 10.8. The van der Waals surface area contributed by atoms with E-state index >= 15 is 0 Å². The van der Waals surface area contributed by atoms with E-state index in [0.717, 1.165) is 12.8 Å². The molecule has 1 fully saturated rings. The van der Waals surface area contributed by atoms with E-state index < -0.39 is 6.16 Å². The van der Waals surface area contributed by atoms with Crippen LogP contribution in [0.25, 0.3) is 11.1 Å². The van der Waals surface area contributed by atoms with Crippen LogP contribution >= 0.6 is 0 Å². The molecule has 0 saturated carbocycles. The highest BCUT2D eigenvalue weighted by atomic mass is 16.7. The maximum absolute atomic E-state index is 10.8. The molecule has 0 amide bonds. The van der Waals surface area contributed by atoms with Gasteiger partial charge in [0.1, 0.15) is 13.2 Å². The second-order valence-corrected chi connectivity index (χ2v) is 5.34. The molecule has 0 unspecified atom stereocenters. The number of hydrogen-bond donors (Lipinski definition) is 0. The van der Waals surface area contributed by atoms with Gasteiger partial charge in [0.15, 0.2) is 0 Å². The third kappa shape index (κ3) is 3.63. The highest BCUT2D eigenvalue weighted by Gasteiger charge is 2.20. The lowest BCUT2D eigenvalue weighted by Gasteiger charge is -2.21. The number of benzene rings is 2. The average molecular weight is 282 g/mol. The summed E-state index contributed by atoms with van der Waals surface area (Å²) < 4.78 is 9.79. The summed E-state index contributed by atoms with van der Waals surface area (Å²) in [6.07, 6.45) is 1.40. The summed E-state index contributed by atoms with van der Waals surface area (Å²) in [6.45, 7) is 0.946. The molecular formula is C18H18O3. The second-order valence-electron chi connectivity index (χ2n) is 5.34. The number of ether oxygens (including phenoxy) is 2. The Hall–Kier alpha value is -2.29. The van der Waals surface area contributed by atoms with Gasteiger partial charge in [0.05, 0.1) is 0 Å². The van der Waals surface area contributed by atoms with Crippen molar-refractivity contribution in [1.82, 2.24) is 0 Å². The minimum absolute atomic E-state index is 0.302. The van der Waals surface area contributed by atoms with Crippen molar-refractivity contribution in [2.24, 2.45) is 5.92 Å². The Balaban J connectivity index is 1.56. The molecule has 21 heavy (non-hydrogen) atoms. The van der Waals surface area contributed by atoms with Crippen molar-refractivity contribution < 1.29 is 14.3 Å². The van der Waals surface area contributed by atoms with Gasteiger partial charge in [0.25, 0.3) is 0 Å². The Morgan fingerprint density at radius 2 is 1.48 bits per heavy atom. The van der Waals surface area contributed by atoms with Crippen LogP contribution in [0.2, 0.25) is 0 Å². The van der Waals surface area contributed by atoms with Gasteiger partial charge in [-0.1, -0.05) is 54.6 Å². The van der Waals surface area contributed by atoms with Gasteiger partial charge in [-0.05, 0) is 29.5 Å². The molecule has 3 heteroatoms. The van der Waals surface area contributed by atoms with E-state index in [0.29, 0.717) is 19.1 Å². The van der Waals surface area contributed by atoms with E-state index in [1.807, 2.05) is 18.2 Å². The molecule has 1 aliphatic rings. The van der Waals surface area contributed by atoms with Gasteiger partial charge in [-0.2, -0.15) is 0 Å². The Kier molecular flexibility index (Phi) is 4.20.